The standard InChI is InChI=1S/C16H19N3O3S/c20-16(8-12-18-9-1-2-10-18)17-14-4-6-15(7-5-14)19-11-3-13-23(19,21)22/h1-2,4-7,9-10H,3,8,11-13H2,(H,17,20). The number of aryl methyl sites for hydroxylation is 1. The molecule has 1 aliphatic heterocycles. The van der Waals surface area contributed by atoms with Gasteiger partial charge < -0.3 is 9.88 Å². The normalized spacial score (nSPS) is 16.4. The molecule has 1 fully saturated rings. The van der Waals surface area contributed by atoms with Gasteiger partial charge in [0.15, 0.2) is 0 Å². The minimum Gasteiger partial charge on any atom is -0.354 e. The Kier molecular flexibility index (Phi) is 4.38. The van der Waals surface area contributed by atoms with Crippen LogP contribution in [0.15, 0.2) is 48.8 Å². The SMILES string of the molecule is O=C(CCn1cccc1)Nc1ccc(N2CCCS2(=O)=O)cc1. The number of amides is 1. The molecule has 0 aliphatic carbocycles. The monoisotopic (exact) mass is 333 g/mol. The zero-order valence-electron chi connectivity index (χ0n) is 12.7. The average molecular weight is 333 g/mol. The van der Waals surface area contributed by atoms with E-state index in [1.807, 2.05) is 29.1 Å². The van der Waals surface area contributed by atoms with Crippen molar-refractivity contribution in [1.82, 2.24) is 4.57 Å². The lowest BCUT2D eigenvalue weighted by molar-refractivity contribution is -0.116. The van der Waals surface area contributed by atoms with Crippen molar-refractivity contribution in [3.05, 3.63) is 48.8 Å². The van der Waals surface area contributed by atoms with E-state index in [9.17, 15) is 13.2 Å². The molecule has 1 saturated heterocycles. The summed E-state index contributed by atoms with van der Waals surface area (Å²) in [5.74, 6) is 0.130. The van der Waals surface area contributed by atoms with E-state index < -0.39 is 10.0 Å². The quantitative estimate of drug-likeness (QED) is 0.910. The van der Waals surface area contributed by atoms with Crippen molar-refractivity contribution >= 4 is 27.3 Å². The Morgan fingerprint density at radius 1 is 1.13 bits per heavy atom. The van der Waals surface area contributed by atoms with E-state index in [0.29, 0.717) is 37.3 Å². The van der Waals surface area contributed by atoms with Gasteiger partial charge in [-0.3, -0.25) is 9.10 Å². The Balaban J connectivity index is 1.58. The molecule has 1 N–H and O–H groups in total. The van der Waals surface area contributed by atoms with Crippen molar-refractivity contribution in [2.24, 2.45) is 0 Å². The largest absolute Gasteiger partial charge is 0.354 e. The number of carbonyl (C=O) groups is 1. The highest BCUT2D eigenvalue weighted by atomic mass is 32.2. The molecule has 3 rings (SSSR count). The predicted octanol–water partition coefficient (Wildman–Crippen LogP) is 2.06. The average Bonchev–Trinajstić information content (AvgIpc) is 3.15. The van der Waals surface area contributed by atoms with Crippen LogP contribution in [0.4, 0.5) is 11.4 Å². The molecule has 0 saturated carbocycles. The van der Waals surface area contributed by atoms with Crippen LogP contribution in [0, 0.1) is 0 Å². The minimum absolute atomic E-state index is 0.0692. The molecule has 0 spiro atoms. The maximum atomic E-state index is 11.9. The van der Waals surface area contributed by atoms with Gasteiger partial charge in [0.1, 0.15) is 0 Å². The number of benzene rings is 1. The molecule has 2 heterocycles. The van der Waals surface area contributed by atoms with Gasteiger partial charge >= 0.3 is 0 Å². The minimum atomic E-state index is -3.17. The van der Waals surface area contributed by atoms with Gasteiger partial charge in [-0.15, -0.1) is 0 Å². The summed E-state index contributed by atoms with van der Waals surface area (Å²) in [5.41, 5.74) is 1.32. The second-order valence-corrected chi connectivity index (χ2v) is 7.52. The summed E-state index contributed by atoms with van der Waals surface area (Å²) in [6.07, 6.45) is 4.87. The van der Waals surface area contributed by atoms with Crippen molar-refractivity contribution in [3.63, 3.8) is 0 Å². The van der Waals surface area contributed by atoms with Gasteiger partial charge in [0.2, 0.25) is 15.9 Å². The molecule has 1 amide bonds. The lowest BCUT2D eigenvalue weighted by Gasteiger charge is -2.17. The number of aromatic nitrogens is 1. The van der Waals surface area contributed by atoms with Gasteiger partial charge in [-0.1, -0.05) is 0 Å². The lowest BCUT2D eigenvalue weighted by Crippen LogP contribution is -2.25. The number of hydrogen-bond donors (Lipinski definition) is 1. The van der Waals surface area contributed by atoms with Crippen molar-refractivity contribution in [2.75, 3.05) is 21.9 Å². The van der Waals surface area contributed by atoms with Crippen molar-refractivity contribution < 1.29 is 13.2 Å². The van der Waals surface area contributed by atoms with Gasteiger partial charge in [0.25, 0.3) is 0 Å². The highest BCUT2D eigenvalue weighted by Crippen LogP contribution is 2.25. The summed E-state index contributed by atoms with van der Waals surface area (Å²) in [6.45, 7) is 1.15. The fraction of sp³-hybridized carbons (Fsp3) is 0.312. The molecule has 0 unspecified atom stereocenters. The molecule has 7 heteroatoms. The summed E-state index contributed by atoms with van der Waals surface area (Å²) in [7, 11) is -3.17. The predicted molar refractivity (Wildman–Crippen MR) is 89.9 cm³/mol. The zero-order chi connectivity index (χ0) is 16.3. The van der Waals surface area contributed by atoms with Gasteiger partial charge in [-0.25, -0.2) is 8.42 Å². The molecule has 1 aromatic carbocycles. The maximum Gasteiger partial charge on any atom is 0.235 e. The second-order valence-electron chi connectivity index (χ2n) is 5.51. The molecule has 23 heavy (non-hydrogen) atoms. The molecule has 1 aliphatic rings. The second kappa shape index (κ2) is 6.45. The smallest absolute Gasteiger partial charge is 0.235 e. The van der Waals surface area contributed by atoms with E-state index in [1.165, 1.54) is 4.31 Å². The first-order chi connectivity index (χ1) is 11.0. The molecule has 0 radical (unpaired) electrons. The van der Waals surface area contributed by atoms with Gasteiger partial charge in [-0.2, -0.15) is 0 Å². The van der Waals surface area contributed by atoms with E-state index in [1.54, 1.807) is 24.3 Å². The molecule has 0 bridgehead atoms. The van der Waals surface area contributed by atoms with Crippen LogP contribution in [-0.4, -0.2) is 31.2 Å². The third kappa shape index (κ3) is 3.73. The van der Waals surface area contributed by atoms with Crippen LogP contribution in [0.5, 0.6) is 0 Å². The molecule has 122 valence electrons. The van der Waals surface area contributed by atoms with E-state index in [0.717, 1.165) is 0 Å². The number of nitrogens with one attached hydrogen (secondary N) is 1. The fourth-order valence-corrected chi connectivity index (χ4v) is 4.18. The summed E-state index contributed by atoms with van der Waals surface area (Å²) < 4.78 is 27.1. The van der Waals surface area contributed by atoms with Crippen LogP contribution in [0.2, 0.25) is 0 Å². The highest BCUT2D eigenvalue weighted by molar-refractivity contribution is 7.93. The summed E-state index contributed by atoms with van der Waals surface area (Å²) >= 11 is 0. The third-order valence-electron chi connectivity index (χ3n) is 3.80. The number of nitrogens with zero attached hydrogens (tertiary/aromatic N) is 2. The lowest BCUT2D eigenvalue weighted by atomic mass is 10.2. The van der Waals surface area contributed by atoms with Crippen LogP contribution in [-0.2, 0) is 21.4 Å². The first-order valence-corrected chi connectivity index (χ1v) is 9.17. The fourth-order valence-electron chi connectivity index (χ4n) is 2.61. The topological polar surface area (TPSA) is 71.4 Å². The Labute approximate surface area is 135 Å². The Morgan fingerprint density at radius 2 is 1.83 bits per heavy atom. The molecular weight excluding hydrogens is 314 g/mol. The first-order valence-electron chi connectivity index (χ1n) is 7.56. The van der Waals surface area contributed by atoms with Crippen LogP contribution in [0.1, 0.15) is 12.8 Å². The molecule has 2 aromatic rings. The zero-order valence-corrected chi connectivity index (χ0v) is 13.5. The Morgan fingerprint density at radius 3 is 2.43 bits per heavy atom. The molecular formula is C16H19N3O3S. The van der Waals surface area contributed by atoms with E-state index >= 15 is 0 Å². The van der Waals surface area contributed by atoms with E-state index in [-0.39, 0.29) is 11.7 Å². The van der Waals surface area contributed by atoms with Crippen LogP contribution in [0.25, 0.3) is 0 Å². The highest BCUT2D eigenvalue weighted by Gasteiger charge is 2.28. The van der Waals surface area contributed by atoms with Crippen LogP contribution < -0.4 is 9.62 Å². The molecule has 0 atom stereocenters. The summed E-state index contributed by atoms with van der Waals surface area (Å²) in [5, 5.41) is 2.82. The van der Waals surface area contributed by atoms with Crippen molar-refractivity contribution in [1.29, 1.82) is 0 Å². The first kappa shape index (κ1) is 15.6. The summed E-state index contributed by atoms with van der Waals surface area (Å²) in [6, 6.07) is 10.8. The third-order valence-corrected chi connectivity index (χ3v) is 5.67. The van der Waals surface area contributed by atoms with Crippen molar-refractivity contribution in [3.8, 4) is 0 Å². The van der Waals surface area contributed by atoms with Crippen LogP contribution in [0.3, 0.4) is 0 Å². The van der Waals surface area contributed by atoms with Gasteiger partial charge in [0, 0.05) is 37.6 Å². The Hall–Kier alpha value is -2.28. The number of rotatable bonds is 5. The van der Waals surface area contributed by atoms with Crippen molar-refractivity contribution in [2.45, 2.75) is 19.4 Å². The number of carbonyl (C=O) groups excluding carboxylic acids is 1. The Bertz CT molecular complexity index is 767. The maximum absolute atomic E-state index is 11.9. The van der Waals surface area contributed by atoms with Gasteiger partial charge in [-0.05, 0) is 42.8 Å². The van der Waals surface area contributed by atoms with Crippen LogP contribution >= 0.6 is 0 Å². The number of sulfonamides is 1. The number of hydrogen-bond acceptors (Lipinski definition) is 3. The summed E-state index contributed by atoms with van der Waals surface area (Å²) in [4.78, 5) is 11.9. The van der Waals surface area contributed by atoms with E-state index in [2.05, 4.69) is 5.32 Å². The molecule has 1 aromatic heterocycles. The molecule has 6 nitrogen and oxygen atoms in total. The van der Waals surface area contributed by atoms with E-state index in [4.69, 9.17) is 0 Å². The number of anilines is 2. The van der Waals surface area contributed by atoms with Gasteiger partial charge in [0.05, 0.1) is 11.4 Å².